The summed E-state index contributed by atoms with van der Waals surface area (Å²) in [5, 5.41) is 5.35. The summed E-state index contributed by atoms with van der Waals surface area (Å²) in [5.74, 6) is 0. The number of carbonyl (C=O) groups is 1. The van der Waals surface area contributed by atoms with Crippen molar-refractivity contribution in [2.75, 3.05) is 11.6 Å². The van der Waals surface area contributed by atoms with Gasteiger partial charge < -0.3 is 10.6 Å². The van der Waals surface area contributed by atoms with Gasteiger partial charge in [-0.2, -0.15) is 0 Å². The Bertz CT molecular complexity index is 761. The van der Waals surface area contributed by atoms with Crippen LogP contribution in [0.25, 0.3) is 0 Å². The quantitative estimate of drug-likeness (QED) is 0.905. The van der Waals surface area contributed by atoms with Crippen LogP contribution in [0.15, 0.2) is 53.6 Å². The Balaban J connectivity index is 2.04. The molecule has 1 heterocycles. The minimum absolute atomic E-state index is 0.156. The van der Waals surface area contributed by atoms with Gasteiger partial charge in [0, 0.05) is 18.1 Å². The molecular weight excluding hydrogens is 302 g/mol. The monoisotopic (exact) mass is 319 g/mol. The van der Waals surface area contributed by atoms with Gasteiger partial charge in [-0.3, -0.25) is 4.98 Å². The Hall–Kier alpha value is -2.41. The Morgan fingerprint density at radius 2 is 1.95 bits per heavy atom. The van der Waals surface area contributed by atoms with E-state index < -0.39 is 15.9 Å². The molecule has 0 saturated heterocycles. The Morgan fingerprint density at radius 3 is 2.59 bits per heavy atom. The maximum absolute atomic E-state index is 12.0. The molecule has 1 aromatic carbocycles. The third-order valence-corrected chi connectivity index (χ3v) is 4.11. The van der Waals surface area contributed by atoms with Gasteiger partial charge in [0.05, 0.1) is 16.6 Å². The van der Waals surface area contributed by atoms with Crippen LogP contribution in [-0.2, 0) is 9.84 Å². The number of hydrogen-bond donors (Lipinski definition) is 2. The minimum Gasteiger partial charge on any atom is -0.330 e. The number of carbonyl (C=O) groups excluding carboxylic acids is 1. The molecule has 2 amide bonds. The predicted octanol–water partition coefficient (Wildman–Crippen LogP) is 2.37. The normalized spacial score (nSPS) is 12.5. The van der Waals surface area contributed by atoms with Gasteiger partial charge in [0.2, 0.25) is 0 Å². The van der Waals surface area contributed by atoms with Crippen LogP contribution in [0.5, 0.6) is 0 Å². The van der Waals surface area contributed by atoms with Crippen molar-refractivity contribution in [3.05, 3.63) is 54.4 Å². The average molecular weight is 319 g/mol. The van der Waals surface area contributed by atoms with E-state index >= 15 is 0 Å². The Labute approximate surface area is 129 Å². The summed E-state index contributed by atoms with van der Waals surface area (Å²) in [6.07, 6.45) is 2.77. The molecule has 0 saturated carbocycles. The zero-order valence-electron chi connectivity index (χ0n) is 12.3. The van der Waals surface area contributed by atoms with Crippen molar-refractivity contribution in [3.63, 3.8) is 0 Å². The summed E-state index contributed by atoms with van der Waals surface area (Å²) in [6.45, 7) is 1.81. The molecule has 7 heteroatoms. The highest BCUT2D eigenvalue weighted by molar-refractivity contribution is 7.90. The first-order chi connectivity index (χ1) is 10.4. The number of urea groups is 1. The molecule has 22 heavy (non-hydrogen) atoms. The number of amides is 2. The van der Waals surface area contributed by atoms with E-state index in [1.165, 1.54) is 12.1 Å². The average Bonchev–Trinajstić information content (AvgIpc) is 2.47. The van der Waals surface area contributed by atoms with Crippen LogP contribution in [0.3, 0.4) is 0 Å². The highest BCUT2D eigenvalue weighted by Crippen LogP contribution is 2.15. The van der Waals surface area contributed by atoms with Crippen LogP contribution in [0.1, 0.15) is 18.7 Å². The molecular formula is C15H17N3O3S. The van der Waals surface area contributed by atoms with E-state index in [2.05, 4.69) is 15.6 Å². The first kappa shape index (κ1) is 16.0. The van der Waals surface area contributed by atoms with E-state index in [1.807, 2.05) is 19.1 Å². The Morgan fingerprint density at radius 1 is 1.18 bits per heavy atom. The van der Waals surface area contributed by atoms with Gasteiger partial charge >= 0.3 is 6.03 Å². The van der Waals surface area contributed by atoms with Gasteiger partial charge in [0.15, 0.2) is 9.84 Å². The molecule has 0 bridgehead atoms. The molecule has 0 aliphatic carbocycles. The van der Waals surface area contributed by atoms with Crippen LogP contribution >= 0.6 is 0 Å². The number of benzene rings is 1. The highest BCUT2D eigenvalue weighted by Gasteiger charge is 2.12. The molecule has 2 rings (SSSR count). The third-order valence-electron chi connectivity index (χ3n) is 3.00. The zero-order valence-corrected chi connectivity index (χ0v) is 13.1. The molecule has 0 radical (unpaired) electrons. The molecule has 0 fully saturated rings. The van der Waals surface area contributed by atoms with E-state index in [1.54, 1.807) is 24.4 Å². The zero-order chi connectivity index (χ0) is 16.2. The summed E-state index contributed by atoms with van der Waals surface area (Å²) < 4.78 is 23.0. The van der Waals surface area contributed by atoms with Gasteiger partial charge in [-0.05, 0) is 37.3 Å². The molecule has 0 aliphatic rings. The second kappa shape index (κ2) is 6.57. The van der Waals surface area contributed by atoms with Gasteiger partial charge in [0.25, 0.3) is 0 Å². The molecule has 6 nitrogen and oxygen atoms in total. The molecule has 2 aromatic rings. The minimum atomic E-state index is -3.31. The van der Waals surface area contributed by atoms with E-state index in [0.29, 0.717) is 5.69 Å². The number of rotatable bonds is 4. The summed E-state index contributed by atoms with van der Waals surface area (Å²) in [4.78, 5) is 16.3. The summed E-state index contributed by atoms with van der Waals surface area (Å²) in [7, 11) is -3.31. The molecule has 2 N–H and O–H groups in total. The number of aromatic nitrogens is 1. The van der Waals surface area contributed by atoms with Gasteiger partial charge in [-0.1, -0.05) is 12.1 Å². The summed E-state index contributed by atoms with van der Waals surface area (Å²) in [6, 6.07) is 10.9. The van der Waals surface area contributed by atoms with Gasteiger partial charge in [-0.25, -0.2) is 13.2 Å². The van der Waals surface area contributed by atoms with Crippen LogP contribution < -0.4 is 10.6 Å². The van der Waals surface area contributed by atoms with Crippen molar-refractivity contribution in [3.8, 4) is 0 Å². The molecule has 1 unspecified atom stereocenters. The van der Waals surface area contributed by atoms with E-state index in [0.717, 1.165) is 11.9 Å². The molecule has 1 atom stereocenters. The lowest BCUT2D eigenvalue weighted by Gasteiger charge is -2.14. The molecule has 1 aromatic heterocycles. The van der Waals surface area contributed by atoms with E-state index in [9.17, 15) is 13.2 Å². The summed E-state index contributed by atoms with van der Waals surface area (Å²) in [5.41, 5.74) is 1.15. The third kappa shape index (κ3) is 4.29. The standard InChI is InChI=1S/C15H17N3O3S/c1-11(14-8-3-4-9-16-14)17-15(19)18-12-6-5-7-13(10-12)22(2,20)21/h3-11H,1-2H3,(H2,17,18,19). The van der Waals surface area contributed by atoms with Crippen molar-refractivity contribution < 1.29 is 13.2 Å². The first-order valence-electron chi connectivity index (χ1n) is 6.65. The number of anilines is 1. The van der Waals surface area contributed by atoms with Crippen LogP contribution in [0, 0.1) is 0 Å². The maximum atomic E-state index is 12.0. The van der Waals surface area contributed by atoms with Crippen LogP contribution in [-0.4, -0.2) is 25.7 Å². The lowest BCUT2D eigenvalue weighted by molar-refractivity contribution is 0.249. The van der Waals surface area contributed by atoms with Crippen LogP contribution in [0.2, 0.25) is 0 Å². The largest absolute Gasteiger partial charge is 0.330 e. The summed E-state index contributed by atoms with van der Waals surface area (Å²) >= 11 is 0. The van der Waals surface area contributed by atoms with Crippen LogP contribution in [0.4, 0.5) is 10.5 Å². The maximum Gasteiger partial charge on any atom is 0.319 e. The number of sulfone groups is 1. The first-order valence-corrected chi connectivity index (χ1v) is 8.54. The number of hydrogen-bond acceptors (Lipinski definition) is 4. The lowest BCUT2D eigenvalue weighted by atomic mass is 10.2. The SMILES string of the molecule is CC(NC(=O)Nc1cccc(S(C)(=O)=O)c1)c1ccccn1. The highest BCUT2D eigenvalue weighted by atomic mass is 32.2. The van der Waals surface area contributed by atoms with Crippen molar-refractivity contribution in [1.82, 2.24) is 10.3 Å². The van der Waals surface area contributed by atoms with Crippen molar-refractivity contribution >= 4 is 21.6 Å². The van der Waals surface area contributed by atoms with Crippen molar-refractivity contribution in [2.24, 2.45) is 0 Å². The van der Waals surface area contributed by atoms with Crippen molar-refractivity contribution in [1.29, 1.82) is 0 Å². The molecule has 0 spiro atoms. The lowest BCUT2D eigenvalue weighted by Crippen LogP contribution is -2.31. The van der Waals surface area contributed by atoms with Gasteiger partial charge in [-0.15, -0.1) is 0 Å². The fraction of sp³-hybridized carbons (Fsp3) is 0.200. The second-order valence-corrected chi connectivity index (χ2v) is 6.89. The number of pyridine rings is 1. The molecule has 0 aliphatic heterocycles. The number of nitrogens with zero attached hydrogens (tertiary/aromatic N) is 1. The fourth-order valence-corrected chi connectivity index (χ4v) is 2.54. The topological polar surface area (TPSA) is 88.2 Å². The van der Waals surface area contributed by atoms with Gasteiger partial charge in [0.1, 0.15) is 0 Å². The molecule has 116 valence electrons. The predicted molar refractivity (Wildman–Crippen MR) is 84.4 cm³/mol. The fourth-order valence-electron chi connectivity index (χ4n) is 1.87. The Kier molecular flexibility index (Phi) is 4.77. The number of nitrogens with one attached hydrogen (secondary N) is 2. The second-order valence-electron chi connectivity index (χ2n) is 4.87. The van der Waals surface area contributed by atoms with Crippen molar-refractivity contribution in [2.45, 2.75) is 17.9 Å². The van der Waals surface area contributed by atoms with E-state index in [4.69, 9.17) is 0 Å². The van der Waals surface area contributed by atoms with E-state index in [-0.39, 0.29) is 10.9 Å². The smallest absolute Gasteiger partial charge is 0.319 e.